The van der Waals surface area contributed by atoms with Crippen LogP contribution < -0.4 is 5.32 Å². The van der Waals surface area contributed by atoms with Gasteiger partial charge >= 0.3 is 0 Å². The molecule has 1 N–H and O–H groups in total. The normalized spacial score (nSPS) is 23.6. The fraction of sp³-hybridized carbons (Fsp3) is 0.812. The van der Waals surface area contributed by atoms with Gasteiger partial charge in [-0.1, -0.05) is 19.8 Å². The van der Waals surface area contributed by atoms with Crippen molar-refractivity contribution in [1.29, 1.82) is 0 Å². The molecule has 0 aromatic carbocycles. The number of nitrogens with one attached hydrogen (secondary N) is 1. The second kappa shape index (κ2) is 8.36. The second-order valence-electron chi connectivity index (χ2n) is 5.97. The Morgan fingerprint density at radius 2 is 2.05 bits per heavy atom. The van der Waals surface area contributed by atoms with Crippen molar-refractivity contribution in [2.24, 2.45) is 5.92 Å². The quantitative estimate of drug-likeness (QED) is 0.726. The lowest BCUT2D eigenvalue weighted by molar-refractivity contribution is 0.277. The smallest absolute Gasteiger partial charge is 0.0945 e. The first-order valence-electron chi connectivity index (χ1n) is 8.07. The topological polar surface area (TPSA) is 29.9 Å². The van der Waals surface area contributed by atoms with E-state index in [-0.39, 0.29) is 0 Å². The number of hydrogen-bond donors (Lipinski definition) is 1. The Labute approximate surface area is 117 Å². The maximum Gasteiger partial charge on any atom is 0.0945 e. The van der Waals surface area contributed by atoms with E-state index < -0.39 is 0 Å². The molecule has 108 valence electrons. The fourth-order valence-electron chi connectivity index (χ4n) is 3.21. The third kappa shape index (κ3) is 5.35. The molecule has 0 radical (unpaired) electrons. The van der Waals surface area contributed by atoms with Gasteiger partial charge in [-0.15, -0.1) is 0 Å². The van der Waals surface area contributed by atoms with Crippen molar-refractivity contribution >= 4 is 0 Å². The summed E-state index contributed by atoms with van der Waals surface area (Å²) in [7, 11) is 0. The maximum atomic E-state index is 4.06. The van der Waals surface area contributed by atoms with E-state index in [2.05, 4.69) is 21.8 Å². The van der Waals surface area contributed by atoms with Crippen LogP contribution in [-0.4, -0.2) is 22.1 Å². The van der Waals surface area contributed by atoms with Gasteiger partial charge in [0.2, 0.25) is 0 Å². The zero-order chi connectivity index (χ0) is 13.3. The van der Waals surface area contributed by atoms with Crippen molar-refractivity contribution in [3.05, 3.63) is 18.7 Å². The number of imidazole rings is 1. The minimum absolute atomic E-state index is 0.793. The molecule has 1 aromatic heterocycles. The summed E-state index contributed by atoms with van der Waals surface area (Å²) in [6.07, 6.45) is 16.8. The molecular weight excluding hydrogens is 234 g/mol. The Bertz CT molecular complexity index is 313. The van der Waals surface area contributed by atoms with Crippen molar-refractivity contribution in [1.82, 2.24) is 14.9 Å². The van der Waals surface area contributed by atoms with Crippen molar-refractivity contribution in [3.8, 4) is 0 Å². The lowest BCUT2D eigenvalue weighted by Gasteiger charge is -2.29. The largest absolute Gasteiger partial charge is 0.337 e. The van der Waals surface area contributed by atoms with Gasteiger partial charge in [0.25, 0.3) is 0 Å². The summed E-state index contributed by atoms with van der Waals surface area (Å²) in [5.74, 6) is 1.02. The Balaban J connectivity index is 1.48. The Kier molecular flexibility index (Phi) is 6.42. The average molecular weight is 263 g/mol. The van der Waals surface area contributed by atoms with E-state index in [1.807, 2.05) is 18.7 Å². The van der Waals surface area contributed by atoms with Crippen LogP contribution in [0.15, 0.2) is 18.7 Å². The molecule has 0 amide bonds. The Morgan fingerprint density at radius 3 is 2.74 bits per heavy atom. The molecular formula is C16H29N3. The van der Waals surface area contributed by atoms with Crippen LogP contribution in [0.2, 0.25) is 0 Å². The Hall–Kier alpha value is -0.830. The van der Waals surface area contributed by atoms with Gasteiger partial charge in [-0.3, -0.25) is 0 Å². The first-order chi connectivity index (χ1) is 9.38. The van der Waals surface area contributed by atoms with E-state index in [0.29, 0.717) is 0 Å². The number of aryl methyl sites for hydroxylation is 1. The van der Waals surface area contributed by atoms with Gasteiger partial charge in [-0.25, -0.2) is 4.98 Å². The molecule has 1 aliphatic rings. The molecule has 1 heterocycles. The number of nitrogens with zero attached hydrogens (tertiary/aromatic N) is 2. The second-order valence-corrected chi connectivity index (χ2v) is 5.97. The van der Waals surface area contributed by atoms with Crippen molar-refractivity contribution in [2.45, 2.75) is 70.9 Å². The van der Waals surface area contributed by atoms with Crippen LogP contribution in [0.5, 0.6) is 0 Å². The zero-order valence-electron chi connectivity index (χ0n) is 12.4. The van der Waals surface area contributed by atoms with Crippen molar-refractivity contribution in [3.63, 3.8) is 0 Å². The van der Waals surface area contributed by atoms with Gasteiger partial charge in [-0.2, -0.15) is 0 Å². The molecule has 3 heteroatoms. The van der Waals surface area contributed by atoms with Gasteiger partial charge < -0.3 is 9.88 Å². The van der Waals surface area contributed by atoms with Crippen LogP contribution in [0.4, 0.5) is 0 Å². The molecule has 0 unspecified atom stereocenters. The van der Waals surface area contributed by atoms with Gasteiger partial charge in [0.1, 0.15) is 0 Å². The number of hydrogen-bond acceptors (Lipinski definition) is 2. The first kappa shape index (κ1) is 14.6. The molecule has 0 aliphatic heterocycles. The maximum absolute atomic E-state index is 4.06. The fourth-order valence-corrected chi connectivity index (χ4v) is 3.21. The van der Waals surface area contributed by atoms with Gasteiger partial charge in [0, 0.05) is 25.0 Å². The summed E-state index contributed by atoms with van der Waals surface area (Å²) >= 11 is 0. The zero-order valence-corrected chi connectivity index (χ0v) is 12.4. The van der Waals surface area contributed by atoms with E-state index in [1.54, 1.807) is 0 Å². The molecule has 19 heavy (non-hydrogen) atoms. The van der Waals surface area contributed by atoms with Gasteiger partial charge in [0.15, 0.2) is 0 Å². The highest BCUT2D eigenvalue weighted by molar-refractivity contribution is 4.77. The minimum atomic E-state index is 0.793. The van der Waals surface area contributed by atoms with Crippen LogP contribution in [0.3, 0.4) is 0 Å². The molecule has 0 atom stereocenters. The molecule has 0 spiro atoms. The number of rotatable bonds is 8. The molecule has 1 saturated carbocycles. The monoisotopic (exact) mass is 263 g/mol. The summed E-state index contributed by atoms with van der Waals surface area (Å²) in [6, 6.07) is 0.793. The van der Waals surface area contributed by atoms with Gasteiger partial charge in [-0.05, 0) is 51.0 Å². The third-order valence-electron chi connectivity index (χ3n) is 4.38. The highest BCUT2D eigenvalue weighted by Crippen LogP contribution is 2.27. The molecule has 1 aromatic rings. The molecule has 2 rings (SSSR count). The van der Waals surface area contributed by atoms with Crippen LogP contribution in [0.1, 0.15) is 58.3 Å². The number of aromatic nitrogens is 2. The highest BCUT2D eigenvalue weighted by atomic mass is 15.0. The summed E-state index contributed by atoms with van der Waals surface area (Å²) in [4.78, 5) is 4.06. The summed E-state index contributed by atoms with van der Waals surface area (Å²) < 4.78 is 2.16. The third-order valence-corrected chi connectivity index (χ3v) is 4.38. The molecule has 0 saturated heterocycles. The van der Waals surface area contributed by atoms with E-state index in [0.717, 1.165) is 18.5 Å². The number of unbranched alkanes of at least 4 members (excludes halogenated alkanes) is 1. The minimum Gasteiger partial charge on any atom is -0.337 e. The predicted octanol–water partition coefficient (Wildman–Crippen LogP) is 3.61. The van der Waals surface area contributed by atoms with Crippen LogP contribution in [0.25, 0.3) is 0 Å². The lowest BCUT2D eigenvalue weighted by Crippen LogP contribution is -2.33. The van der Waals surface area contributed by atoms with Crippen molar-refractivity contribution in [2.75, 3.05) is 6.54 Å². The molecule has 0 bridgehead atoms. The van der Waals surface area contributed by atoms with Crippen LogP contribution in [0, 0.1) is 5.92 Å². The molecule has 3 nitrogen and oxygen atoms in total. The molecule has 1 aliphatic carbocycles. The van der Waals surface area contributed by atoms with E-state index >= 15 is 0 Å². The summed E-state index contributed by atoms with van der Waals surface area (Å²) in [6.45, 7) is 4.59. The van der Waals surface area contributed by atoms with Gasteiger partial charge in [0.05, 0.1) is 6.33 Å². The first-order valence-corrected chi connectivity index (χ1v) is 8.07. The summed E-state index contributed by atoms with van der Waals surface area (Å²) in [5.41, 5.74) is 0. The average Bonchev–Trinajstić information content (AvgIpc) is 2.94. The van der Waals surface area contributed by atoms with E-state index in [9.17, 15) is 0 Å². The van der Waals surface area contributed by atoms with Crippen LogP contribution >= 0.6 is 0 Å². The van der Waals surface area contributed by atoms with Crippen molar-refractivity contribution < 1.29 is 0 Å². The Morgan fingerprint density at radius 1 is 1.21 bits per heavy atom. The lowest BCUT2D eigenvalue weighted by atomic mass is 9.83. The summed E-state index contributed by atoms with van der Waals surface area (Å²) in [5, 5.41) is 3.74. The predicted molar refractivity (Wildman–Crippen MR) is 80.1 cm³/mol. The van der Waals surface area contributed by atoms with Crippen LogP contribution in [-0.2, 0) is 6.54 Å². The van der Waals surface area contributed by atoms with E-state index in [1.165, 1.54) is 57.9 Å². The SMILES string of the molecule is CCCC1CCC(NCCCCn2ccnc2)CC1. The highest BCUT2D eigenvalue weighted by Gasteiger charge is 2.19. The standard InChI is InChI=1S/C16H29N3/c1-2-5-15-6-8-16(9-7-15)18-10-3-4-12-19-13-11-17-14-19/h11,13-16,18H,2-10,12H2,1H3. The molecule has 1 fully saturated rings. The van der Waals surface area contributed by atoms with E-state index in [4.69, 9.17) is 0 Å².